The van der Waals surface area contributed by atoms with Crippen LogP contribution in [0.25, 0.3) is 16.9 Å². The molecule has 0 atom stereocenters. The normalized spacial score (nSPS) is 12.9. The van der Waals surface area contributed by atoms with E-state index >= 15 is 0 Å². The van der Waals surface area contributed by atoms with E-state index in [2.05, 4.69) is 88.1 Å². The van der Waals surface area contributed by atoms with Crippen LogP contribution in [-0.2, 0) is 25.5 Å². The molecule has 0 aliphatic carbocycles. The van der Waals surface area contributed by atoms with E-state index in [1.165, 1.54) is 86.5 Å². The van der Waals surface area contributed by atoms with Gasteiger partial charge < -0.3 is 5.53 Å². The SMILES string of the molecule is CCCCCCCCC#CC1=C(c2cccc(CCCCC)c2)[N+](=[N-])C(c2cccc(CCCCC)c2)=C1C.[Cl][Ni][Cl]. The van der Waals surface area contributed by atoms with Crippen molar-refractivity contribution in [3.05, 3.63) is 87.5 Å². The Morgan fingerprint density at radius 3 is 1.71 bits per heavy atom. The minimum atomic E-state index is 0.569. The van der Waals surface area contributed by atoms with Gasteiger partial charge in [0, 0.05) is 23.1 Å². The monoisotopic (exact) mass is 650 g/mol. The van der Waals surface area contributed by atoms with Crippen LogP contribution in [0.15, 0.2) is 59.7 Å². The molecule has 5 heteroatoms. The van der Waals surface area contributed by atoms with Gasteiger partial charge in [-0.3, -0.25) is 0 Å². The van der Waals surface area contributed by atoms with Gasteiger partial charge in [0.1, 0.15) is 5.57 Å². The zero-order valence-corrected chi connectivity index (χ0v) is 28.7. The third-order valence-corrected chi connectivity index (χ3v) is 7.80. The summed E-state index contributed by atoms with van der Waals surface area (Å²) in [6, 6.07) is 17.4. The van der Waals surface area contributed by atoms with Crippen molar-refractivity contribution < 1.29 is 17.4 Å². The average molecular weight is 652 g/mol. The molecule has 2 aromatic carbocycles. The summed E-state index contributed by atoms with van der Waals surface area (Å²) in [4.78, 5) is 0. The number of rotatable bonds is 16. The van der Waals surface area contributed by atoms with Gasteiger partial charge >= 0.3 is 33.0 Å². The van der Waals surface area contributed by atoms with Crippen LogP contribution in [0.5, 0.6) is 0 Å². The van der Waals surface area contributed by atoms with Crippen LogP contribution in [0, 0.1) is 11.8 Å². The summed E-state index contributed by atoms with van der Waals surface area (Å²) >= 11 is 0.569. The van der Waals surface area contributed by atoms with Crippen molar-refractivity contribution in [2.24, 2.45) is 0 Å². The third kappa shape index (κ3) is 12.0. The Morgan fingerprint density at radius 1 is 0.690 bits per heavy atom. The molecule has 0 spiro atoms. The van der Waals surface area contributed by atoms with E-state index in [0.717, 1.165) is 59.4 Å². The molecule has 3 rings (SSSR count). The molecule has 1 heterocycles. The van der Waals surface area contributed by atoms with E-state index in [9.17, 15) is 5.53 Å². The summed E-state index contributed by atoms with van der Waals surface area (Å²) in [5.41, 5.74) is 20.2. The second-order valence-electron chi connectivity index (χ2n) is 11.2. The van der Waals surface area contributed by atoms with E-state index in [1.807, 2.05) is 0 Å². The molecule has 42 heavy (non-hydrogen) atoms. The summed E-state index contributed by atoms with van der Waals surface area (Å²) in [5.74, 6) is 6.97. The summed E-state index contributed by atoms with van der Waals surface area (Å²) < 4.78 is 1.42. The molecule has 1 aliphatic heterocycles. The minimum absolute atomic E-state index is 0.569. The van der Waals surface area contributed by atoms with Gasteiger partial charge in [-0.15, -0.1) is 0 Å². The van der Waals surface area contributed by atoms with Gasteiger partial charge in [-0.05, 0) is 74.4 Å². The Kier molecular flexibility index (Phi) is 18.8. The summed E-state index contributed by atoms with van der Waals surface area (Å²) in [6.45, 7) is 8.87. The van der Waals surface area contributed by atoms with E-state index in [0.29, 0.717) is 12.7 Å². The quantitative estimate of drug-likeness (QED) is 0.0747. The van der Waals surface area contributed by atoms with Crippen LogP contribution in [0.1, 0.15) is 133 Å². The Labute approximate surface area is 271 Å². The van der Waals surface area contributed by atoms with Gasteiger partial charge in [0.15, 0.2) is 0 Å². The predicted octanol–water partition coefficient (Wildman–Crippen LogP) is 12.5. The Hall–Kier alpha value is -1.85. The Morgan fingerprint density at radius 2 is 1.17 bits per heavy atom. The molecule has 2 nitrogen and oxygen atoms in total. The Bertz CT molecular complexity index is 1240. The zero-order valence-electron chi connectivity index (χ0n) is 26.2. The first-order valence-corrected chi connectivity index (χ1v) is 18.7. The molecule has 0 fully saturated rings. The first-order valence-electron chi connectivity index (χ1n) is 16.0. The Balaban J connectivity index is 0.00000197. The van der Waals surface area contributed by atoms with Crippen LogP contribution < -0.4 is 0 Å². The van der Waals surface area contributed by atoms with E-state index in [-0.39, 0.29) is 0 Å². The number of benzene rings is 2. The van der Waals surface area contributed by atoms with E-state index < -0.39 is 0 Å². The molecule has 1 aliphatic rings. The van der Waals surface area contributed by atoms with Crippen molar-refractivity contribution >= 4 is 31.8 Å². The molecular weight excluding hydrogens is 602 g/mol. The standard InChI is InChI=1S/C37H50N2.2ClH.Ni/c1-5-8-11-12-13-14-15-18-27-35-30(4)36(33-25-19-23-31(28-33)21-16-9-6-2)39(38)37(35)34-26-20-24-32(29-34)22-17-10-7-3;;;/h19-20,23-26,28-29H,5-17,21-22H2,1-4H3;2*1H;/q;;;+2/p-2. The number of hydrogen-bond donors (Lipinski definition) is 0. The molecule has 0 aromatic heterocycles. The van der Waals surface area contributed by atoms with Crippen LogP contribution in [0.2, 0.25) is 0 Å². The summed E-state index contributed by atoms with van der Waals surface area (Å²) in [6.07, 6.45) is 18.0. The molecule has 2 aromatic rings. The van der Waals surface area contributed by atoms with Crippen LogP contribution >= 0.6 is 20.4 Å². The number of halogens is 2. The van der Waals surface area contributed by atoms with Gasteiger partial charge in [-0.1, -0.05) is 115 Å². The molecule has 0 unspecified atom stereocenters. The maximum absolute atomic E-state index is 11.7. The summed E-state index contributed by atoms with van der Waals surface area (Å²) in [5, 5.41) is 0. The molecule has 0 bridgehead atoms. The second kappa shape index (κ2) is 21.8. The van der Waals surface area contributed by atoms with Gasteiger partial charge in [0.05, 0.1) is 0 Å². The van der Waals surface area contributed by atoms with Crippen LogP contribution in [-0.4, -0.2) is 4.70 Å². The molecule has 0 saturated heterocycles. The molecule has 0 amide bonds. The number of aryl methyl sites for hydroxylation is 2. The van der Waals surface area contributed by atoms with Crippen LogP contribution in [0.3, 0.4) is 0 Å². The summed E-state index contributed by atoms with van der Waals surface area (Å²) in [7, 11) is 9.40. The van der Waals surface area contributed by atoms with Gasteiger partial charge in [-0.2, -0.15) is 0 Å². The third-order valence-electron chi connectivity index (χ3n) is 7.80. The number of unbranched alkanes of at least 4 members (excludes halogenated alkanes) is 10. The van der Waals surface area contributed by atoms with Crippen molar-refractivity contribution in [2.45, 2.75) is 124 Å². The van der Waals surface area contributed by atoms with Gasteiger partial charge in [0.25, 0.3) is 0 Å². The van der Waals surface area contributed by atoms with Gasteiger partial charge in [-0.25, -0.2) is 4.70 Å². The fourth-order valence-corrected chi connectivity index (χ4v) is 5.48. The van der Waals surface area contributed by atoms with Crippen molar-refractivity contribution in [2.75, 3.05) is 0 Å². The fraction of sp³-hybridized carbons (Fsp3) is 0.514. The zero-order chi connectivity index (χ0) is 30.6. The molecular formula is C37H50Cl2N2Ni. The predicted molar refractivity (Wildman–Crippen MR) is 180 cm³/mol. The molecule has 232 valence electrons. The first-order chi connectivity index (χ1) is 20.5. The molecule has 0 radical (unpaired) electrons. The van der Waals surface area contributed by atoms with Crippen molar-refractivity contribution in [1.82, 2.24) is 0 Å². The fourth-order valence-electron chi connectivity index (χ4n) is 5.48. The number of allylic oxidation sites excluding steroid dienone is 2. The van der Waals surface area contributed by atoms with E-state index in [1.54, 1.807) is 0 Å². The second-order valence-corrected chi connectivity index (χ2v) is 12.8. The topological polar surface area (TPSA) is 25.3 Å². The number of hydrogen-bond acceptors (Lipinski definition) is 0. The average Bonchev–Trinajstić information content (AvgIpc) is 3.24. The van der Waals surface area contributed by atoms with Crippen LogP contribution in [0.4, 0.5) is 0 Å². The molecule has 0 N–H and O–H groups in total. The van der Waals surface area contributed by atoms with Crippen molar-refractivity contribution in [3.63, 3.8) is 0 Å². The maximum atomic E-state index is 11.7. The van der Waals surface area contributed by atoms with Gasteiger partial charge in [0.2, 0.25) is 11.4 Å². The van der Waals surface area contributed by atoms with Crippen molar-refractivity contribution in [1.29, 1.82) is 0 Å². The first kappa shape index (κ1) is 36.3. The van der Waals surface area contributed by atoms with E-state index in [4.69, 9.17) is 20.4 Å². The number of nitrogens with zero attached hydrogens (tertiary/aromatic N) is 2. The molecule has 0 saturated carbocycles. The van der Waals surface area contributed by atoms with Crippen molar-refractivity contribution in [3.8, 4) is 11.8 Å².